The van der Waals surface area contributed by atoms with E-state index in [9.17, 15) is 17.6 Å². The lowest BCUT2D eigenvalue weighted by Gasteiger charge is -2.33. The number of hydrogen-bond acceptors (Lipinski definition) is 1. The summed E-state index contributed by atoms with van der Waals surface area (Å²) in [6.07, 6.45) is -3.59. The molecule has 0 aromatic heterocycles. The average Bonchev–Trinajstić information content (AvgIpc) is 2.03. The first-order chi connectivity index (χ1) is 5.95. The third-order valence-electron chi connectivity index (χ3n) is 2.45. The van der Waals surface area contributed by atoms with Crippen LogP contribution >= 0.6 is 11.8 Å². The zero-order valence-electron chi connectivity index (χ0n) is 7.27. The maximum absolute atomic E-state index is 12.8. The van der Waals surface area contributed by atoms with Crippen molar-refractivity contribution in [1.29, 1.82) is 0 Å². The fourth-order valence-electron chi connectivity index (χ4n) is 1.72. The normalized spacial score (nSPS) is 36.2. The van der Waals surface area contributed by atoms with E-state index in [1.807, 2.05) is 0 Å². The molecule has 78 valence electrons. The van der Waals surface area contributed by atoms with Crippen molar-refractivity contribution in [2.24, 2.45) is 5.92 Å². The largest absolute Gasteiger partial charge is 0.392 e. The van der Waals surface area contributed by atoms with E-state index in [-0.39, 0.29) is 12.8 Å². The minimum Gasteiger partial charge on any atom is -0.247 e. The molecule has 0 bridgehead atoms. The van der Waals surface area contributed by atoms with E-state index < -0.39 is 23.5 Å². The van der Waals surface area contributed by atoms with Gasteiger partial charge in [0, 0.05) is 5.25 Å². The fraction of sp³-hybridized carbons (Fsp3) is 1.00. The number of thioether (sulfide) groups is 1. The van der Waals surface area contributed by atoms with E-state index in [4.69, 9.17) is 0 Å². The van der Waals surface area contributed by atoms with Gasteiger partial charge < -0.3 is 0 Å². The van der Waals surface area contributed by atoms with E-state index in [1.54, 1.807) is 6.26 Å². The zero-order valence-corrected chi connectivity index (χ0v) is 8.09. The first-order valence-electron chi connectivity index (χ1n) is 4.18. The molecule has 0 aromatic carbocycles. The summed E-state index contributed by atoms with van der Waals surface area (Å²) in [5.74, 6) is -1.45. The molecule has 0 saturated heterocycles. The van der Waals surface area contributed by atoms with Crippen molar-refractivity contribution >= 4 is 11.8 Å². The van der Waals surface area contributed by atoms with Gasteiger partial charge in [-0.05, 0) is 25.5 Å². The van der Waals surface area contributed by atoms with Gasteiger partial charge in [0.25, 0.3) is 0 Å². The van der Waals surface area contributed by atoms with Gasteiger partial charge in [0.2, 0.25) is 0 Å². The predicted molar refractivity (Wildman–Crippen MR) is 45.6 cm³/mol. The van der Waals surface area contributed by atoms with E-state index in [0.29, 0.717) is 6.42 Å². The van der Waals surface area contributed by atoms with Gasteiger partial charge in [-0.1, -0.05) is 0 Å². The van der Waals surface area contributed by atoms with Gasteiger partial charge in [-0.15, -0.1) is 0 Å². The van der Waals surface area contributed by atoms with Crippen molar-refractivity contribution in [2.75, 3.05) is 6.26 Å². The minimum absolute atomic E-state index is 0.276. The van der Waals surface area contributed by atoms with Gasteiger partial charge in [0.15, 0.2) is 0 Å². The third-order valence-corrected chi connectivity index (χ3v) is 3.62. The van der Waals surface area contributed by atoms with Gasteiger partial charge in [-0.25, -0.2) is 4.39 Å². The van der Waals surface area contributed by atoms with E-state index in [2.05, 4.69) is 0 Å². The highest BCUT2D eigenvalue weighted by Gasteiger charge is 2.47. The molecule has 13 heavy (non-hydrogen) atoms. The summed E-state index contributed by atoms with van der Waals surface area (Å²) in [5.41, 5.74) is 0. The molecular formula is C8H12F4S. The molecule has 3 atom stereocenters. The highest BCUT2D eigenvalue weighted by molar-refractivity contribution is 7.99. The summed E-state index contributed by atoms with van der Waals surface area (Å²) in [7, 11) is 0. The number of alkyl halides is 4. The van der Waals surface area contributed by atoms with Crippen LogP contribution in [0.25, 0.3) is 0 Å². The fourth-order valence-corrected chi connectivity index (χ4v) is 2.68. The maximum Gasteiger partial charge on any atom is 0.392 e. The molecule has 0 nitrogen and oxygen atoms in total. The Bertz CT molecular complexity index is 168. The molecule has 1 saturated carbocycles. The molecule has 3 unspecified atom stereocenters. The Morgan fingerprint density at radius 1 is 1.23 bits per heavy atom. The van der Waals surface area contributed by atoms with Crippen LogP contribution < -0.4 is 0 Å². The molecule has 1 aliphatic rings. The summed E-state index contributed by atoms with van der Waals surface area (Å²) >= 11 is 1.20. The summed E-state index contributed by atoms with van der Waals surface area (Å²) < 4.78 is 49.9. The zero-order chi connectivity index (χ0) is 10.1. The van der Waals surface area contributed by atoms with Crippen LogP contribution in [0.3, 0.4) is 0 Å². The summed E-state index contributed by atoms with van der Waals surface area (Å²) in [6, 6.07) is 0. The van der Waals surface area contributed by atoms with Crippen molar-refractivity contribution in [3.8, 4) is 0 Å². The Morgan fingerprint density at radius 2 is 1.85 bits per heavy atom. The summed E-state index contributed by atoms with van der Waals surface area (Å²) in [4.78, 5) is 0. The molecular weight excluding hydrogens is 204 g/mol. The molecule has 0 heterocycles. The molecule has 0 amide bonds. The van der Waals surface area contributed by atoms with Gasteiger partial charge in [0.05, 0.1) is 5.92 Å². The highest BCUT2D eigenvalue weighted by atomic mass is 32.2. The topological polar surface area (TPSA) is 0 Å². The van der Waals surface area contributed by atoms with Crippen molar-refractivity contribution in [2.45, 2.75) is 36.9 Å². The van der Waals surface area contributed by atoms with Gasteiger partial charge in [0.1, 0.15) is 6.17 Å². The first-order valence-corrected chi connectivity index (χ1v) is 5.47. The SMILES string of the molecule is CSC1CCC(F)CC1C(F)(F)F. The van der Waals surface area contributed by atoms with E-state index >= 15 is 0 Å². The van der Waals surface area contributed by atoms with Crippen molar-refractivity contribution in [3.05, 3.63) is 0 Å². The first kappa shape index (κ1) is 11.1. The van der Waals surface area contributed by atoms with Crippen LogP contribution in [0.5, 0.6) is 0 Å². The molecule has 0 aliphatic heterocycles. The number of hydrogen-bond donors (Lipinski definition) is 0. The Morgan fingerprint density at radius 3 is 2.31 bits per heavy atom. The number of rotatable bonds is 1. The lowest BCUT2D eigenvalue weighted by atomic mass is 9.87. The standard InChI is InChI=1S/C8H12F4S/c1-13-7-3-2-5(9)4-6(7)8(10,11)12/h5-7H,2-4H2,1H3. The smallest absolute Gasteiger partial charge is 0.247 e. The molecule has 0 spiro atoms. The summed E-state index contributed by atoms with van der Waals surface area (Å²) in [6.45, 7) is 0. The summed E-state index contributed by atoms with van der Waals surface area (Å²) in [5, 5.41) is -0.452. The predicted octanol–water partition coefficient (Wildman–Crippen LogP) is 3.42. The average molecular weight is 216 g/mol. The van der Waals surface area contributed by atoms with Crippen molar-refractivity contribution in [1.82, 2.24) is 0 Å². The third kappa shape index (κ3) is 2.76. The highest BCUT2D eigenvalue weighted by Crippen LogP contribution is 2.43. The molecule has 0 aromatic rings. The maximum atomic E-state index is 12.8. The Hall–Kier alpha value is 0.0700. The Kier molecular flexibility index (Phi) is 3.49. The second kappa shape index (κ2) is 4.07. The van der Waals surface area contributed by atoms with Crippen molar-refractivity contribution < 1.29 is 17.6 Å². The second-order valence-electron chi connectivity index (χ2n) is 3.33. The van der Waals surface area contributed by atoms with Crippen LogP contribution in [0.4, 0.5) is 17.6 Å². The van der Waals surface area contributed by atoms with Gasteiger partial charge in [-0.2, -0.15) is 24.9 Å². The lowest BCUT2D eigenvalue weighted by Crippen LogP contribution is -2.38. The van der Waals surface area contributed by atoms with E-state index in [1.165, 1.54) is 11.8 Å². The van der Waals surface area contributed by atoms with Crippen LogP contribution in [-0.2, 0) is 0 Å². The van der Waals surface area contributed by atoms with Gasteiger partial charge in [-0.3, -0.25) is 0 Å². The van der Waals surface area contributed by atoms with E-state index in [0.717, 1.165) is 0 Å². The lowest BCUT2D eigenvalue weighted by molar-refractivity contribution is -0.184. The molecule has 0 N–H and O–H groups in total. The van der Waals surface area contributed by atoms with Crippen molar-refractivity contribution in [3.63, 3.8) is 0 Å². The molecule has 1 fully saturated rings. The van der Waals surface area contributed by atoms with Crippen LogP contribution in [0.15, 0.2) is 0 Å². The monoisotopic (exact) mass is 216 g/mol. The Labute approximate surface area is 79.1 Å². The van der Waals surface area contributed by atoms with Crippen LogP contribution in [0.2, 0.25) is 0 Å². The molecule has 1 aliphatic carbocycles. The minimum atomic E-state index is -4.24. The molecule has 5 heteroatoms. The van der Waals surface area contributed by atoms with Crippen LogP contribution in [-0.4, -0.2) is 23.9 Å². The van der Waals surface area contributed by atoms with Gasteiger partial charge >= 0.3 is 6.18 Å². The number of halogens is 4. The quantitative estimate of drug-likeness (QED) is 0.605. The molecule has 0 radical (unpaired) electrons. The van der Waals surface area contributed by atoms with Crippen LogP contribution in [0.1, 0.15) is 19.3 Å². The second-order valence-corrected chi connectivity index (χ2v) is 4.41. The van der Waals surface area contributed by atoms with Crippen LogP contribution in [0, 0.1) is 5.92 Å². The Balaban J connectivity index is 2.65. The molecule has 1 rings (SSSR count).